The summed E-state index contributed by atoms with van der Waals surface area (Å²) < 4.78 is 11.0. The van der Waals surface area contributed by atoms with E-state index in [9.17, 15) is 9.59 Å². The van der Waals surface area contributed by atoms with Gasteiger partial charge in [0.25, 0.3) is 5.91 Å². The van der Waals surface area contributed by atoms with Gasteiger partial charge >= 0.3 is 0 Å². The molecule has 0 unspecified atom stereocenters. The molecule has 3 aromatic rings. The Labute approximate surface area is 184 Å². The maximum absolute atomic E-state index is 12.8. The van der Waals surface area contributed by atoms with Gasteiger partial charge < -0.3 is 14.8 Å². The van der Waals surface area contributed by atoms with Crippen molar-refractivity contribution in [2.24, 2.45) is 0 Å². The van der Waals surface area contributed by atoms with Gasteiger partial charge in [-0.15, -0.1) is 0 Å². The molecule has 0 spiro atoms. The van der Waals surface area contributed by atoms with Gasteiger partial charge in [0, 0.05) is 28.1 Å². The molecule has 1 aliphatic heterocycles. The van der Waals surface area contributed by atoms with Crippen LogP contribution < -0.4 is 14.8 Å². The molecule has 8 heteroatoms. The van der Waals surface area contributed by atoms with Gasteiger partial charge in [0.2, 0.25) is 0 Å². The highest BCUT2D eigenvalue weighted by Gasteiger charge is 2.35. The average Bonchev–Trinajstić information content (AvgIpc) is 3.06. The molecule has 160 valence electrons. The van der Waals surface area contributed by atoms with Gasteiger partial charge in [-0.25, -0.2) is 4.98 Å². The number of benzene rings is 1. The van der Waals surface area contributed by atoms with Crippen molar-refractivity contribution in [2.45, 2.75) is 26.2 Å². The number of hydrogen-bond acceptors (Lipinski definition) is 6. The third-order valence-corrected chi connectivity index (χ3v) is 5.70. The van der Waals surface area contributed by atoms with Crippen LogP contribution in [0.15, 0.2) is 30.5 Å². The Hall–Kier alpha value is -3.19. The number of ether oxygens (including phenoxy) is 2. The smallest absolute Gasteiger partial charge is 0.251 e. The van der Waals surface area contributed by atoms with E-state index in [2.05, 4.69) is 15.3 Å². The molecule has 3 heterocycles. The first kappa shape index (κ1) is 21.1. The molecule has 1 aromatic carbocycles. The minimum absolute atomic E-state index is 0.153. The molecule has 0 aliphatic carbocycles. The molecule has 1 aliphatic rings. The van der Waals surface area contributed by atoms with E-state index < -0.39 is 5.91 Å². The van der Waals surface area contributed by atoms with Gasteiger partial charge in [-0.3, -0.25) is 14.6 Å². The number of fused-ring (bicyclic) bond motifs is 2. The van der Waals surface area contributed by atoms with Crippen LogP contribution in [0.4, 0.5) is 0 Å². The Kier molecular flexibility index (Phi) is 5.31. The molecular weight excluding hydrogens is 418 g/mol. The molecule has 0 bridgehead atoms. The zero-order valence-electron chi connectivity index (χ0n) is 17.7. The Balaban J connectivity index is 1.55. The number of ketones is 1. The number of Topliss-reactive ketones (excluding diaryl/α,β-unsaturated/α-hetero) is 1. The van der Waals surface area contributed by atoms with E-state index in [0.29, 0.717) is 29.2 Å². The number of rotatable bonds is 5. The summed E-state index contributed by atoms with van der Waals surface area (Å²) in [4.78, 5) is 34.0. The number of pyridine rings is 2. The lowest BCUT2D eigenvalue weighted by atomic mass is 9.87. The highest BCUT2D eigenvalue weighted by atomic mass is 35.5. The van der Waals surface area contributed by atoms with Gasteiger partial charge in [0.1, 0.15) is 17.0 Å². The van der Waals surface area contributed by atoms with Gasteiger partial charge in [0.15, 0.2) is 16.7 Å². The number of amides is 1. The van der Waals surface area contributed by atoms with Crippen molar-refractivity contribution in [3.63, 3.8) is 0 Å². The van der Waals surface area contributed by atoms with Crippen molar-refractivity contribution in [3.05, 3.63) is 58.0 Å². The summed E-state index contributed by atoms with van der Waals surface area (Å²) >= 11 is 6.21. The Bertz CT molecular complexity index is 1220. The summed E-state index contributed by atoms with van der Waals surface area (Å²) in [5.74, 6) is 0.269. The van der Waals surface area contributed by atoms with Gasteiger partial charge in [-0.2, -0.15) is 0 Å². The second-order valence-corrected chi connectivity index (χ2v) is 8.51. The lowest BCUT2D eigenvalue weighted by Crippen LogP contribution is -2.30. The number of carbonyl (C=O) groups is 2. The van der Waals surface area contributed by atoms with Crippen molar-refractivity contribution in [2.75, 3.05) is 20.3 Å². The summed E-state index contributed by atoms with van der Waals surface area (Å²) in [5, 5.41) is 3.63. The van der Waals surface area contributed by atoms with E-state index >= 15 is 0 Å². The molecule has 0 saturated carbocycles. The highest BCUT2D eigenvalue weighted by Crippen LogP contribution is 2.42. The van der Waals surface area contributed by atoms with Crippen LogP contribution in [0.25, 0.3) is 10.9 Å². The summed E-state index contributed by atoms with van der Waals surface area (Å²) in [6.45, 7) is 6.21. The minimum Gasteiger partial charge on any atom is -0.494 e. The fraction of sp³-hybridized carbons (Fsp3) is 0.304. The zero-order chi connectivity index (χ0) is 22.3. The van der Waals surface area contributed by atoms with Crippen molar-refractivity contribution in [3.8, 4) is 11.5 Å². The van der Waals surface area contributed by atoms with E-state index in [0.717, 1.165) is 16.5 Å². The first-order chi connectivity index (χ1) is 14.7. The third-order valence-electron chi connectivity index (χ3n) is 5.44. The number of aromatic nitrogens is 2. The molecular formula is C23H22ClN3O4. The quantitative estimate of drug-likeness (QED) is 0.479. The zero-order valence-corrected chi connectivity index (χ0v) is 18.5. The van der Waals surface area contributed by atoms with E-state index in [1.165, 1.54) is 7.11 Å². The molecule has 0 fully saturated rings. The van der Waals surface area contributed by atoms with Crippen LogP contribution in [-0.4, -0.2) is 41.9 Å². The largest absolute Gasteiger partial charge is 0.494 e. The predicted octanol–water partition coefficient (Wildman–Crippen LogP) is 3.88. The summed E-state index contributed by atoms with van der Waals surface area (Å²) in [6.07, 6.45) is 1.69. The van der Waals surface area contributed by atoms with Crippen LogP contribution in [-0.2, 0) is 5.41 Å². The molecule has 1 N–H and O–H groups in total. The van der Waals surface area contributed by atoms with Gasteiger partial charge in [-0.1, -0.05) is 25.4 Å². The van der Waals surface area contributed by atoms with Gasteiger partial charge in [-0.05, 0) is 36.8 Å². The van der Waals surface area contributed by atoms with Crippen LogP contribution in [0.5, 0.6) is 11.5 Å². The van der Waals surface area contributed by atoms with E-state index in [1.807, 2.05) is 26.8 Å². The number of nitrogens with one attached hydrogen (secondary N) is 1. The molecule has 0 saturated heterocycles. The molecule has 0 atom stereocenters. The maximum Gasteiger partial charge on any atom is 0.251 e. The average molecular weight is 440 g/mol. The second kappa shape index (κ2) is 7.81. The predicted molar refractivity (Wildman–Crippen MR) is 117 cm³/mol. The number of nitrogens with zero attached hydrogens (tertiary/aromatic N) is 2. The molecule has 31 heavy (non-hydrogen) atoms. The van der Waals surface area contributed by atoms with Gasteiger partial charge in [0.05, 0.1) is 20.3 Å². The number of carbonyl (C=O) groups excluding carboxylic acids is 2. The summed E-state index contributed by atoms with van der Waals surface area (Å²) in [7, 11) is 1.53. The molecule has 2 aromatic heterocycles. The topological polar surface area (TPSA) is 90.4 Å². The van der Waals surface area contributed by atoms with E-state index in [1.54, 1.807) is 24.4 Å². The van der Waals surface area contributed by atoms with Crippen LogP contribution in [0.2, 0.25) is 5.15 Å². The Morgan fingerprint density at radius 2 is 2.06 bits per heavy atom. The first-order valence-electron chi connectivity index (χ1n) is 9.80. The normalized spacial score (nSPS) is 14.1. The minimum atomic E-state index is -0.396. The second-order valence-electron chi connectivity index (χ2n) is 8.16. The Morgan fingerprint density at radius 1 is 1.29 bits per heavy atom. The van der Waals surface area contributed by atoms with E-state index in [4.69, 9.17) is 21.1 Å². The maximum atomic E-state index is 12.8. The van der Waals surface area contributed by atoms with Crippen LogP contribution in [0.1, 0.15) is 45.8 Å². The van der Waals surface area contributed by atoms with Crippen LogP contribution >= 0.6 is 11.6 Å². The molecule has 7 nitrogen and oxygen atoms in total. The number of aryl methyl sites for hydroxylation is 1. The standard InChI is InChI=1S/C23H22ClN3O4/c1-12-5-6-25-19-14(12)7-13(8-18(19)30-4)22(29)26-10-17(28)16-9-15-20(21(24)27-16)31-11-23(15,2)3/h5-9H,10-11H2,1-4H3,(H,26,29). The third kappa shape index (κ3) is 3.81. The molecule has 4 rings (SSSR count). The van der Waals surface area contributed by atoms with Crippen molar-refractivity contribution < 1.29 is 19.1 Å². The van der Waals surface area contributed by atoms with Crippen molar-refractivity contribution in [1.29, 1.82) is 0 Å². The van der Waals surface area contributed by atoms with Crippen LogP contribution in [0, 0.1) is 6.92 Å². The monoisotopic (exact) mass is 439 g/mol. The lowest BCUT2D eigenvalue weighted by Gasteiger charge is -2.15. The summed E-state index contributed by atoms with van der Waals surface area (Å²) in [6, 6.07) is 6.90. The Morgan fingerprint density at radius 3 is 2.81 bits per heavy atom. The first-order valence-corrected chi connectivity index (χ1v) is 10.2. The fourth-order valence-corrected chi connectivity index (χ4v) is 3.86. The SMILES string of the molecule is COc1cc(C(=O)NCC(=O)c2cc3c(c(Cl)n2)OCC3(C)C)cc2c(C)ccnc12. The number of methoxy groups -OCH3 is 1. The number of hydrogen-bond donors (Lipinski definition) is 1. The van der Waals surface area contributed by atoms with E-state index in [-0.39, 0.29) is 28.6 Å². The van der Waals surface area contributed by atoms with Crippen LogP contribution in [0.3, 0.4) is 0 Å². The highest BCUT2D eigenvalue weighted by molar-refractivity contribution is 6.31. The number of halogens is 1. The summed E-state index contributed by atoms with van der Waals surface area (Å²) in [5.41, 5.74) is 2.78. The molecule has 0 radical (unpaired) electrons. The van der Waals surface area contributed by atoms with Crippen molar-refractivity contribution >= 4 is 34.2 Å². The lowest BCUT2D eigenvalue weighted by molar-refractivity contribution is 0.0902. The fourth-order valence-electron chi connectivity index (χ4n) is 3.61. The van der Waals surface area contributed by atoms with Crippen molar-refractivity contribution in [1.82, 2.24) is 15.3 Å². The molecule has 1 amide bonds.